The Morgan fingerprint density at radius 1 is 1.06 bits per heavy atom. The fourth-order valence-corrected chi connectivity index (χ4v) is 3.18. The second-order valence-corrected chi connectivity index (χ2v) is 6.91. The average Bonchev–Trinajstić information content (AvgIpc) is 2.28. The molecule has 1 saturated carbocycles. The Kier molecular flexibility index (Phi) is 7.25. The fourth-order valence-electron chi connectivity index (χ4n) is 3.18. The van der Waals surface area contributed by atoms with E-state index in [0.717, 1.165) is 17.9 Å². The Bertz CT molecular complexity index is 205. The minimum atomic E-state index is 0.638. The van der Waals surface area contributed by atoms with Crippen LogP contribution in [0.5, 0.6) is 0 Å². The summed E-state index contributed by atoms with van der Waals surface area (Å²) < 4.78 is 0. The summed E-state index contributed by atoms with van der Waals surface area (Å²) in [5.74, 6) is 1.77. The molecule has 1 N–H and O–H groups in total. The number of hydrogen-bond donors (Lipinski definition) is 1. The van der Waals surface area contributed by atoms with Gasteiger partial charge >= 0.3 is 0 Å². The molecule has 1 aliphatic carbocycles. The molecule has 2 heteroatoms. The molecule has 18 heavy (non-hydrogen) atoms. The van der Waals surface area contributed by atoms with Gasteiger partial charge in [0.05, 0.1) is 0 Å². The van der Waals surface area contributed by atoms with E-state index in [-0.39, 0.29) is 0 Å². The number of rotatable bonds is 7. The number of nitrogens with one attached hydrogen (secondary N) is 1. The van der Waals surface area contributed by atoms with Crippen molar-refractivity contribution in [2.24, 2.45) is 11.8 Å². The normalized spacial score (nSPS) is 25.3. The molecule has 0 aromatic rings. The summed E-state index contributed by atoms with van der Waals surface area (Å²) in [6.07, 6.45) is 7.07. The van der Waals surface area contributed by atoms with Crippen LogP contribution in [0.25, 0.3) is 0 Å². The first-order chi connectivity index (χ1) is 8.49. The van der Waals surface area contributed by atoms with E-state index in [1.54, 1.807) is 0 Å². The van der Waals surface area contributed by atoms with Crippen LogP contribution >= 0.6 is 0 Å². The lowest BCUT2D eigenvalue weighted by molar-refractivity contribution is 0.148. The second-order valence-electron chi connectivity index (χ2n) is 6.91. The smallest absolute Gasteiger partial charge is 0.00925 e. The lowest BCUT2D eigenvalue weighted by atomic mass is 9.83. The van der Waals surface area contributed by atoms with Gasteiger partial charge in [-0.25, -0.2) is 0 Å². The molecule has 1 fully saturated rings. The third-order valence-corrected chi connectivity index (χ3v) is 4.20. The molecule has 0 bridgehead atoms. The van der Waals surface area contributed by atoms with Crippen molar-refractivity contribution >= 4 is 0 Å². The molecule has 0 saturated heterocycles. The van der Waals surface area contributed by atoms with Crippen molar-refractivity contribution in [3.05, 3.63) is 0 Å². The summed E-state index contributed by atoms with van der Waals surface area (Å²) in [6.45, 7) is 11.6. The summed E-state index contributed by atoms with van der Waals surface area (Å²) in [7, 11) is 2.31. The topological polar surface area (TPSA) is 15.3 Å². The Hall–Kier alpha value is -0.0800. The molecule has 0 aliphatic heterocycles. The van der Waals surface area contributed by atoms with E-state index >= 15 is 0 Å². The standard InChI is InChI=1S/C16H34N2/c1-13(2)12-18(5)16-8-6-15(7-9-16)10-11-17-14(3)4/h13-17H,6-12H2,1-5H3/t15-,16-. The Morgan fingerprint density at radius 3 is 2.17 bits per heavy atom. The molecule has 0 heterocycles. The Balaban J connectivity index is 2.16. The van der Waals surface area contributed by atoms with Crippen LogP contribution < -0.4 is 5.32 Å². The Labute approximate surface area is 115 Å². The zero-order valence-electron chi connectivity index (χ0n) is 13.2. The highest BCUT2D eigenvalue weighted by Gasteiger charge is 2.23. The zero-order valence-corrected chi connectivity index (χ0v) is 13.2. The highest BCUT2D eigenvalue weighted by Crippen LogP contribution is 2.29. The van der Waals surface area contributed by atoms with E-state index in [4.69, 9.17) is 0 Å². The summed E-state index contributed by atoms with van der Waals surface area (Å²) in [5.41, 5.74) is 0. The predicted molar refractivity (Wildman–Crippen MR) is 81.0 cm³/mol. The number of nitrogens with zero attached hydrogens (tertiary/aromatic N) is 1. The SMILES string of the molecule is CC(C)CN(C)[C@H]1CC[C@H](CCNC(C)C)CC1. The van der Waals surface area contributed by atoms with Crippen LogP contribution in [0.4, 0.5) is 0 Å². The van der Waals surface area contributed by atoms with Crippen molar-refractivity contribution in [2.75, 3.05) is 20.1 Å². The second kappa shape index (κ2) is 8.16. The van der Waals surface area contributed by atoms with Gasteiger partial charge in [0.15, 0.2) is 0 Å². The first kappa shape index (κ1) is 16.0. The maximum absolute atomic E-state index is 3.54. The van der Waals surface area contributed by atoms with Gasteiger partial charge in [0, 0.05) is 18.6 Å². The lowest BCUT2D eigenvalue weighted by Gasteiger charge is -2.35. The maximum Gasteiger partial charge on any atom is 0.00925 e. The molecule has 108 valence electrons. The van der Waals surface area contributed by atoms with Crippen molar-refractivity contribution in [3.8, 4) is 0 Å². The molecular formula is C16H34N2. The highest BCUT2D eigenvalue weighted by molar-refractivity contribution is 4.79. The summed E-state index contributed by atoms with van der Waals surface area (Å²) in [6, 6.07) is 1.49. The molecule has 0 spiro atoms. The van der Waals surface area contributed by atoms with Crippen LogP contribution in [0.2, 0.25) is 0 Å². The first-order valence-electron chi connectivity index (χ1n) is 7.92. The minimum Gasteiger partial charge on any atom is -0.315 e. The van der Waals surface area contributed by atoms with E-state index in [2.05, 4.69) is 45.0 Å². The van der Waals surface area contributed by atoms with Crippen molar-refractivity contribution in [1.29, 1.82) is 0 Å². The average molecular weight is 254 g/mol. The van der Waals surface area contributed by atoms with Crippen molar-refractivity contribution in [1.82, 2.24) is 10.2 Å². The highest BCUT2D eigenvalue weighted by atomic mass is 15.1. The molecule has 1 rings (SSSR count). The van der Waals surface area contributed by atoms with Gasteiger partial charge in [-0.2, -0.15) is 0 Å². The minimum absolute atomic E-state index is 0.638. The van der Waals surface area contributed by atoms with Gasteiger partial charge in [-0.3, -0.25) is 0 Å². The third-order valence-electron chi connectivity index (χ3n) is 4.20. The van der Waals surface area contributed by atoms with Crippen LogP contribution in [0.15, 0.2) is 0 Å². The van der Waals surface area contributed by atoms with Crippen LogP contribution in [-0.4, -0.2) is 37.1 Å². The molecule has 0 radical (unpaired) electrons. The molecule has 0 amide bonds. The van der Waals surface area contributed by atoms with Crippen molar-refractivity contribution < 1.29 is 0 Å². The van der Waals surface area contributed by atoms with Crippen LogP contribution in [0.1, 0.15) is 59.8 Å². The summed E-state index contributed by atoms with van der Waals surface area (Å²) in [5, 5.41) is 3.54. The van der Waals surface area contributed by atoms with Gasteiger partial charge in [0.2, 0.25) is 0 Å². The van der Waals surface area contributed by atoms with Gasteiger partial charge in [-0.15, -0.1) is 0 Å². The van der Waals surface area contributed by atoms with E-state index in [9.17, 15) is 0 Å². The largest absolute Gasteiger partial charge is 0.315 e. The maximum atomic E-state index is 3.54. The molecule has 1 aliphatic rings. The van der Waals surface area contributed by atoms with Gasteiger partial charge in [0.1, 0.15) is 0 Å². The molecule has 0 unspecified atom stereocenters. The molecule has 0 aromatic carbocycles. The van der Waals surface area contributed by atoms with E-state index in [1.165, 1.54) is 45.2 Å². The van der Waals surface area contributed by atoms with Crippen molar-refractivity contribution in [2.45, 2.75) is 71.9 Å². The van der Waals surface area contributed by atoms with E-state index in [0.29, 0.717) is 6.04 Å². The summed E-state index contributed by atoms with van der Waals surface area (Å²) >= 11 is 0. The predicted octanol–water partition coefficient (Wildman–Crippen LogP) is 3.52. The Morgan fingerprint density at radius 2 is 1.67 bits per heavy atom. The van der Waals surface area contributed by atoms with Crippen molar-refractivity contribution in [3.63, 3.8) is 0 Å². The van der Waals surface area contributed by atoms with Crippen LogP contribution in [0, 0.1) is 11.8 Å². The lowest BCUT2D eigenvalue weighted by Crippen LogP contribution is -2.37. The first-order valence-corrected chi connectivity index (χ1v) is 7.92. The quantitative estimate of drug-likeness (QED) is 0.748. The molecular weight excluding hydrogens is 220 g/mol. The van der Waals surface area contributed by atoms with Crippen LogP contribution in [-0.2, 0) is 0 Å². The fraction of sp³-hybridized carbons (Fsp3) is 1.00. The third kappa shape index (κ3) is 6.19. The number of hydrogen-bond acceptors (Lipinski definition) is 2. The monoisotopic (exact) mass is 254 g/mol. The van der Waals surface area contributed by atoms with E-state index in [1.807, 2.05) is 0 Å². The van der Waals surface area contributed by atoms with Gasteiger partial charge in [-0.1, -0.05) is 27.7 Å². The van der Waals surface area contributed by atoms with Crippen LogP contribution in [0.3, 0.4) is 0 Å². The molecule has 0 atom stereocenters. The summed E-state index contributed by atoms with van der Waals surface area (Å²) in [4.78, 5) is 2.59. The van der Waals surface area contributed by atoms with Gasteiger partial charge in [-0.05, 0) is 57.5 Å². The molecule has 2 nitrogen and oxygen atoms in total. The van der Waals surface area contributed by atoms with Gasteiger partial charge in [0.25, 0.3) is 0 Å². The van der Waals surface area contributed by atoms with E-state index < -0.39 is 0 Å². The zero-order chi connectivity index (χ0) is 13.5. The van der Waals surface area contributed by atoms with Gasteiger partial charge < -0.3 is 10.2 Å². The molecule has 0 aromatic heterocycles.